The first-order chi connectivity index (χ1) is 9.97. The number of hydrogen-bond donors (Lipinski definition) is 0. The molecule has 0 saturated carbocycles. The van der Waals surface area contributed by atoms with E-state index >= 15 is 0 Å². The van der Waals surface area contributed by atoms with E-state index in [1.54, 1.807) is 13.0 Å². The number of hydrogen-bond acceptors (Lipinski definition) is 3. The molecule has 0 radical (unpaired) electrons. The molecule has 0 bridgehead atoms. The minimum atomic E-state index is -3.75. The number of sulfonamides is 1. The summed E-state index contributed by atoms with van der Waals surface area (Å²) in [5, 5.41) is 0. The van der Waals surface area contributed by atoms with Crippen molar-refractivity contribution in [2.24, 2.45) is 0 Å². The molecule has 6 heteroatoms. The Hall–Kier alpha value is -0.980. The van der Waals surface area contributed by atoms with Gasteiger partial charge in [0.25, 0.3) is 0 Å². The lowest BCUT2D eigenvalue weighted by Gasteiger charge is -2.23. The number of halogens is 1. The topological polar surface area (TPSA) is 40.6 Å². The second kappa shape index (κ2) is 8.46. The third-order valence-electron chi connectivity index (χ3n) is 3.58. The predicted molar refractivity (Wildman–Crippen MR) is 83.2 cm³/mol. The van der Waals surface area contributed by atoms with Gasteiger partial charge in [-0.05, 0) is 38.2 Å². The molecule has 4 nitrogen and oxygen atoms in total. The van der Waals surface area contributed by atoms with Crippen LogP contribution in [0.5, 0.6) is 0 Å². The van der Waals surface area contributed by atoms with E-state index in [2.05, 4.69) is 18.7 Å². The quantitative estimate of drug-likeness (QED) is 0.703. The molecule has 0 saturated heterocycles. The Morgan fingerprint density at radius 1 is 1.00 bits per heavy atom. The Balaban J connectivity index is 2.77. The summed E-state index contributed by atoms with van der Waals surface area (Å²) < 4.78 is 40.0. The fourth-order valence-corrected chi connectivity index (χ4v) is 3.80. The van der Waals surface area contributed by atoms with Gasteiger partial charge in [0.1, 0.15) is 10.7 Å². The number of nitrogens with zero attached hydrogens (tertiary/aromatic N) is 2. The van der Waals surface area contributed by atoms with Crippen LogP contribution in [0.4, 0.5) is 4.39 Å². The Labute approximate surface area is 127 Å². The molecule has 0 aliphatic carbocycles. The highest BCUT2D eigenvalue weighted by Gasteiger charge is 2.25. The van der Waals surface area contributed by atoms with Crippen LogP contribution in [-0.4, -0.2) is 50.3 Å². The molecule has 0 atom stereocenters. The van der Waals surface area contributed by atoms with E-state index in [-0.39, 0.29) is 4.90 Å². The van der Waals surface area contributed by atoms with Crippen LogP contribution in [-0.2, 0) is 10.0 Å². The van der Waals surface area contributed by atoms with Crippen LogP contribution in [0, 0.1) is 5.82 Å². The Morgan fingerprint density at radius 3 is 2.14 bits per heavy atom. The maximum absolute atomic E-state index is 13.7. The molecule has 0 aromatic heterocycles. The normalized spacial score (nSPS) is 12.3. The zero-order chi connectivity index (χ0) is 15.9. The van der Waals surface area contributed by atoms with Crippen molar-refractivity contribution in [3.63, 3.8) is 0 Å². The van der Waals surface area contributed by atoms with Gasteiger partial charge < -0.3 is 4.90 Å². The van der Waals surface area contributed by atoms with Crippen LogP contribution in [0.15, 0.2) is 29.2 Å². The molecule has 0 heterocycles. The van der Waals surface area contributed by atoms with E-state index < -0.39 is 15.8 Å². The molecule has 0 amide bonds. The van der Waals surface area contributed by atoms with E-state index in [4.69, 9.17) is 0 Å². The van der Waals surface area contributed by atoms with Crippen molar-refractivity contribution in [1.82, 2.24) is 9.21 Å². The lowest BCUT2D eigenvalue weighted by molar-refractivity contribution is 0.285. The monoisotopic (exact) mass is 316 g/mol. The molecule has 0 fully saturated rings. The van der Waals surface area contributed by atoms with Gasteiger partial charge in [-0.15, -0.1) is 0 Å². The van der Waals surface area contributed by atoms with Crippen LogP contribution in [0.3, 0.4) is 0 Å². The van der Waals surface area contributed by atoms with Gasteiger partial charge in [0.15, 0.2) is 0 Å². The molecule has 1 rings (SSSR count). The molecular formula is C15H25FN2O2S. The van der Waals surface area contributed by atoms with Gasteiger partial charge >= 0.3 is 0 Å². The summed E-state index contributed by atoms with van der Waals surface area (Å²) in [5.74, 6) is -0.695. The van der Waals surface area contributed by atoms with E-state index in [0.29, 0.717) is 13.1 Å². The molecule has 21 heavy (non-hydrogen) atoms. The third-order valence-corrected chi connectivity index (χ3v) is 5.59. The maximum Gasteiger partial charge on any atom is 0.245 e. The summed E-state index contributed by atoms with van der Waals surface area (Å²) in [4.78, 5) is 2.00. The molecule has 1 aromatic carbocycles. The Bertz CT molecular complexity index is 530. The van der Waals surface area contributed by atoms with Crippen molar-refractivity contribution < 1.29 is 12.8 Å². The van der Waals surface area contributed by atoms with Crippen molar-refractivity contribution in [3.8, 4) is 0 Å². The first kappa shape index (κ1) is 18.1. The van der Waals surface area contributed by atoms with Crippen LogP contribution < -0.4 is 0 Å². The van der Waals surface area contributed by atoms with Crippen molar-refractivity contribution in [2.75, 3.05) is 32.7 Å². The summed E-state index contributed by atoms with van der Waals surface area (Å²) >= 11 is 0. The lowest BCUT2D eigenvalue weighted by atomic mass is 10.3. The summed E-state index contributed by atoms with van der Waals surface area (Å²) in [7, 11) is -3.75. The largest absolute Gasteiger partial charge is 0.304 e. The van der Waals surface area contributed by atoms with Crippen LogP contribution in [0.25, 0.3) is 0 Å². The molecule has 0 spiro atoms. The molecule has 120 valence electrons. The zero-order valence-electron chi connectivity index (χ0n) is 13.0. The summed E-state index contributed by atoms with van der Waals surface area (Å²) in [5.41, 5.74) is 0. The Kier molecular flexibility index (Phi) is 7.28. The van der Waals surface area contributed by atoms with Gasteiger partial charge in [-0.3, -0.25) is 0 Å². The highest BCUT2D eigenvalue weighted by molar-refractivity contribution is 7.89. The molecule has 0 unspecified atom stereocenters. The van der Waals surface area contributed by atoms with Gasteiger partial charge in [-0.1, -0.05) is 32.9 Å². The van der Waals surface area contributed by atoms with Crippen molar-refractivity contribution in [2.45, 2.75) is 32.1 Å². The predicted octanol–water partition coefficient (Wildman–Crippen LogP) is 2.57. The average Bonchev–Trinajstić information content (AvgIpc) is 2.47. The highest BCUT2D eigenvalue weighted by atomic mass is 32.2. The van der Waals surface area contributed by atoms with Crippen molar-refractivity contribution >= 4 is 10.0 Å². The van der Waals surface area contributed by atoms with Gasteiger partial charge in [-0.2, -0.15) is 4.31 Å². The molecule has 0 aliphatic heterocycles. The average molecular weight is 316 g/mol. The van der Waals surface area contributed by atoms with Crippen LogP contribution in [0.1, 0.15) is 27.2 Å². The standard InChI is InChI=1S/C15H25FN2O2S/c1-4-17(5-2)12-9-13-18(6-3)21(19,20)15-11-8-7-10-14(15)16/h7-8,10-11H,4-6,9,12-13H2,1-3H3. The van der Waals surface area contributed by atoms with E-state index in [1.165, 1.54) is 22.5 Å². The van der Waals surface area contributed by atoms with Gasteiger partial charge in [0.2, 0.25) is 10.0 Å². The lowest BCUT2D eigenvalue weighted by Crippen LogP contribution is -2.34. The third kappa shape index (κ3) is 4.76. The Morgan fingerprint density at radius 2 is 1.62 bits per heavy atom. The van der Waals surface area contributed by atoms with Gasteiger partial charge in [-0.25, -0.2) is 12.8 Å². The fraction of sp³-hybridized carbons (Fsp3) is 0.600. The van der Waals surface area contributed by atoms with E-state index in [1.807, 2.05) is 0 Å². The van der Waals surface area contributed by atoms with Crippen LogP contribution >= 0.6 is 0 Å². The minimum absolute atomic E-state index is 0.241. The SMILES string of the molecule is CCN(CC)CCCN(CC)S(=O)(=O)c1ccccc1F. The van der Waals surface area contributed by atoms with E-state index in [0.717, 1.165) is 26.1 Å². The maximum atomic E-state index is 13.7. The van der Waals surface area contributed by atoms with Gasteiger partial charge in [0, 0.05) is 13.1 Å². The molecule has 0 N–H and O–H groups in total. The van der Waals surface area contributed by atoms with Crippen LogP contribution in [0.2, 0.25) is 0 Å². The summed E-state index contributed by atoms with van der Waals surface area (Å²) in [6.07, 6.45) is 0.739. The zero-order valence-corrected chi connectivity index (χ0v) is 13.9. The fourth-order valence-electron chi connectivity index (χ4n) is 2.25. The second-order valence-corrected chi connectivity index (χ2v) is 6.71. The first-order valence-electron chi connectivity index (χ1n) is 7.44. The van der Waals surface area contributed by atoms with Gasteiger partial charge in [0.05, 0.1) is 0 Å². The summed E-state index contributed by atoms with van der Waals surface area (Å²) in [6.45, 7) is 9.42. The van der Waals surface area contributed by atoms with Crippen molar-refractivity contribution in [3.05, 3.63) is 30.1 Å². The number of rotatable bonds is 9. The van der Waals surface area contributed by atoms with Crippen molar-refractivity contribution in [1.29, 1.82) is 0 Å². The smallest absolute Gasteiger partial charge is 0.245 e. The highest BCUT2D eigenvalue weighted by Crippen LogP contribution is 2.19. The molecule has 1 aromatic rings. The first-order valence-corrected chi connectivity index (χ1v) is 8.88. The molecular weight excluding hydrogens is 291 g/mol. The van der Waals surface area contributed by atoms with E-state index in [9.17, 15) is 12.8 Å². The summed E-state index contributed by atoms with van der Waals surface area (Å²) in [6, 6.07) is 5.53. The number of benzene rings is 1. The second-order valence-electron chi connectivity index (χ2n) is 4.81. The minimum Gasteiger partial charge on any atom is -0.304 e. The molecule has 0 aliphatic rings.